The zero-order valence-electron chi connectivity index (χ0n) is 16.4. The minimum absolute atomic E-state index is 0.147. The Morgan fingerprint density at radius 3 is 1.97 bits per heavy atom. The van der Waals surface area contributed by atoms with E-state index in [1.165, 1.54) is 14.2 Å². The van der Waals surface area contributed by atoms with Crippen LogP contribution in [0.5, 0.6) is 11.5 Å². The molecular formula is C22H19NO6. The number of methoxy groups -OCH3 is 4. The van der Waals surface area contributed by atoms with Gasteiger partial charge in [0.15, 0.2) is 0 Å². The summed E-state index contributed by atoms with van der Waals surface area (Å²) in [7, 11) is 5.70. The van der Waals surface area contributed by atoms with Crippen LogP contribution in [-0.4, -0.2) is 44.8 Å². The molecule has 3 heterocycles. The van der Waals surface area contributed by atoms with Crippen molar-refractivity contribution in [3.8, 4) is 22.6 Å². The normalized spacial score (nSPS) is 11.0. The summed E-state index contributed by atoms with van der Waals surface area (Å²) in [4.78, 5) is 25.4. The summed E-state index contributed by atoms with van der Waals surface area (Å²) in [6, 6.07) is 13.0. The van der Waals surface area contributed by atoms with Crippen molar-refractivity contribution in [2.24, 2.45) is 0 Å². The fourth-order valence-corrected chi connectivity index (χ4v) is 3.68. The molecule has 0 bridgehead atoms. The number of aromatic nitrogens is 1. The van der Waals surface area contributed by atoms with Gasteiger partial charge < -0.3 is 23.3 Å². The second-order valence-corrected chi connectivity index (χ2v) is 6.41. The lowest BCUT2D eigenvalue weighted by Gasteiger charge is -2.05. The van der Waals surface area contributed by atoms with Crippen molar-refractivity contribution in [3.63, 3.8) is 0 Å². The van der Waals surface area contributed by atoms with E-state index in [1.807, 2.05) is 40.8 Å². The van der Waals surface area contributed by atoms with Gasteiger partial charge in [0.1, 0.15) is 22.6 Å². The van der Waals surface area contributed by atoms with Crippen LogP contribution in [0, 0.1) is 0 Å². The van der Waals surface area contributed by atoms with Gasteiger partial charge in [0.05, 0.1) is 45.0 Å². The van der Waals surface area contributed by atoms with E-state index in [0.717, 1.165) is 22.4 Å². The zero-order valence-corrected chi connectivity index (χ0v) is 16.4. The topological polar surface area (TPSA) is 75.5 Å². The van der Waals surface area contributed by atoms with Crippen LogP contribution < -0.4 is 9.47 Å². The van der Waals surface area contributed by atoms with Crippen LogP contribution in [0.3, 0.4) is 0 Å². The average Bonchev–Trinajstić information content (AvgIpc) is 3.31. The monoisotopic (exact) mass is 393 g/mol. The Hall–Kier alpha value is -3.74. The molecule has 7 nitrogen and oxygen atoms in total. The van der Waals surface area contributed by atoms with Crippen LogP contribution in [0.25, 0.3) is 27.7 Å². The maximum Gasteiger partial charge on any atom is 0.340 e. The van der Waals surface area contributed by atoms with Crippen molar-refractivity contribution in [2.45, 2.75) is 0 Å². The fraction of sp³-hybridized carbons (Fsp3) is 0.182. The molecule has 0 saturated heterocycles. The first-order valence-corrected chi connectivity index (χ1v) is 8.83. The molecule has 0 amide bonds. The molecule has 0 aliphatic rings. The molecule has 0 aliphatic heterocycles. The molecule has 1 aromatic carbocycles. The number of benzene rings is 1. The average molecular weight is 393 g/mol. The lowest BCUT2D eigenvalue weighted by atomic mass is 10.0. The molecule has 148 valence electrons. The van der Waals surface area contributed by atoms with Gasteiger partial charge in [0.25, 0.3) is 0 Å². The first-order valence-electron chi connectivity index (χ1n) is 8.83. The van der Waals surface area contributed by atoms with Crippen LogP contribution in [0.2, 0.25) is 0 Å². The second kappa shape index (κ2) is 7.01. The van der Waals surface area contributed by atoms with Crippen molar-refractivity contribution < 1.29 is 28.5 Å². The van der Waals surface area contributed by atoms with Crippen LogP contribution in [-0.2, 0) is 9.47 Å². The van der Waals surface area contributed by atoms with Crippen LogP contribution in [0.15, 0.2) is 42.5 Å². The summed E-state index contributed by atoms with van der Waals surface area (Å²) in [5.41, 5.74) is 3.82. The molecule has 0 radical (unpaired) electrons. The van der Waals surface area contributed by atoms with Crippen LogP contribution in [0.1, 0.15) is 20.7 Å². The standard InChI is InChI=1S/C22H19NO6/c1-26-14-7-5-12(6-8-14)16-10-13-9-15(27-2)11-17-18(21(24)28-3)19(22(25)29-4)20(16)23(13)17/h5-11H,1-4H3. The molecule has 0 unspecified atom stereocenters. The molecule has 0 fully saturated rings. The number of hydrogen-bond donors (Lipinski definition) is 0. The molecule has 7 heteroatoms. The quantitative estimate of drug-likeness (QED) is 0.480. The Kier molecular flexibility index (Phi) is 4.50. The van der Waals surface area contributed by atoms with Gasteiger partial charge >= 0.3 is 11.9 Å². The zero-order chi connectivity index (χ0) is 20.7. The Labute approximate surface area is 166 Å². The van der Waals surface area contributed by atoms with Gasteiger partial charge in [0.2, 0.25) is 0 Å². The highest BCUT2D eigenvalue weighted by atomic mass is 16.5. The third kappa shape index (κ3) is 2.74. The summed E-state index contributed by atoms with van der Waals surface area (Å²) in [6.07, 6.45) is 0. The smallest absolute Gasteiger partial charge is 0.340 e. The summed E-state index contributed by atoms with van der Waals surface area (Å²) in [6.45, 7) is 0. The van der Waals surface area contributed by atoms with Crippen molar-refractivity contribution in [3.05, 3.63) is 53.6 Å². The van der Waals surface area contributed by atoms with Gasteiger partial charge in [0, 0.05) is 17.7 Å². The van der Waals surface area contributed by atoms with Crippen LogP contribution >= 0.6 is 0 Å². The van der Waals surface area contributed by atoms with Crippen LogP contribution in [0.4, 0.5) is 0 Å². The first kappa shape index (κ1) is 18.6. The van der Waals surface area contributed by atoms with E-state index in [9.17, 15) is 9.59 Å². The van der Waals surface area contributed by atoms with Crippen molar-refractivity contribution in [1.82, 2.24) is 4.40 Å². The largest absolute Gasteiger partial charge is 0.497 e. The Morgan fingerprint density at radius 1 is 0.759 bits per heavy atom. The highest BCUT2D eigenvalue weighted by Gasteiger charge is 2.31. The molecule has 0 spiro atoms. The van der Waals surface area contributed by atoms with Gasteiger partial charge in [-0.05, 0) is 23.8 Å². The Morgan fingerprint density at radius 2 is 1.38 bits per heavy atom. The van der Waals surface area contributed by atoms with E-state index in [4.69, 9.17) is 18.9 Å². The van der Waals surface area contributed by atoms with E-state index >= 15 is 0 Å². The number of pyridine rings is 1. The van der Waals surface area contributed by atoms with Gasteiger partial charge in [-0.1, -0.05) is 12.1 Å². The molecule has 3 aromatic heterocycles. The van der Waals surface area contributed by atoms with E-state index < -0.39 is 11.9 Å². The van der Waals surface area contributed by atoms with Crippen molar-refractivity contribution >= 4 is 28.5 Å². The van der Waals surface area contributed by atoms with Gasteiger partial charge in [-0.25, -0.2) is 9.59 Å². The highest BCUT2D eigenvalue weighted by molar-refractivity contribution is 6.17. The number of ether oxygens (including phenoxy) is 4. The molecule has 0 atom stereocenters. The fourth-order valence-electron chi connectivity index (χ4n) is 3.68. The summed E-state index contributed by atoms with van der Waals surface area (Å²) < 4.78 is 22.4. The first-order chi connectivity index (χ1) is 14.0. The molecule has 0 aliphatic carbocycles. The molecule has 4 rings (SSSR count). The number of carbonyl (C=O) groups is 2. The molecular weight excluding hydrogens is 374 g/mol. The number of rotatable bonds is 5. The lowest BCUT2D eigenvalue weighted by molar-refractivity contribution is 0.0559. The molecule has 0 saturated carbocycles. The summed E-state index contributed by atoms with van der Waals surface area (Å²) in [5.74, 6) is 0.0419. The maximum absolute atomic E-state index is 12.7. The minimum Gasteiger partial charge on any atom is -0.497 e. The van der Waals surface area contributed by atoms with E-state index in [-0.39, 0.29) is 11.1 Å². The Balaban J connectivity index is 2.15. The number of carbonyl (C=O) groups excluding carboxylic acids is 2. The number of esters is 2. The predicted octanol–water partition coefficient (Wildman–Crippen LogP) is 3.79. The van der Waals surface area contributed by atoms with E-state index in [0.29, 0.717) is 16.8 Å². The van der Waals surface area contributed by atoms with E-state index in [2.05, 4.69) is 0 Å². The van der Waals surface area contributed by atoms with Gasteiger partial charge in [-0.15, -0.1) is 0 Å². The second-order valence-electron chi connectivity index (χ2n) is 6.41. The summed E-state index contributed by atoms with van der Waals surface area (Å²) in [5, 5.41) is 0. The minimum atomic E-state index is -0.621. The SMILES string of the molecule is COC(=O)c1c(C(=O)OC)c2c(-c3ccc(OC)cc3)cc3cc(OC)cc1n32. The van der Waals surface area contributed by atoms with Crippen molar-refractivity contribution in [2.75, 3.05) is 28.4 Å². The highest BCUT2D eigenvalue weighted by Crippen LogP contribution is 2.40. The number of hydrogen-bond acceptors (Lipinski definition) is 6. The van der Waals surface area contributed by atoms with Crippen molar-refractivity contribution in [1.29, 1.82) is 0 Å². The maximum atomic E-state index is 12.7. The Bertz CT molecular complexity index is 1220. The summed E-state index contributed by atoms with van der Waals surface area (Å²) >= 11 is 0. The van der Waals surface area contributed by atoms with Gasteiger partial charge in [-0.2, -0.15) is 0 Å². The third-order valence-electron chi connectivity index (χ3n) is 5.00. The molecule has 0 N–H and O–H groups in total. The molecule has 4 aromatic rings. The number of nitrogens with zero attached hydrogens (tertiary/aromatic N) is 1. The van der Waals surface area contributed by atoms with Gasteiger partial charge in [-0.3, -0.25) is 0 Å². The van der Waals surface area contributed by atoms with E-state index in [1.54, 1.807) is 20.3 Å². The lowest BCUT2D eigenvalue weighted by Crippen LogP contribution is -2.10. The predicted molar refractivity (Wildman–Crippen MR) is 107 cm³/mol. The molecule has 29 heavy (non-hydrogen) atoms. The third-order valence-corrected chi connectivity index (χ3v) is 5.00.